The maximum Gasteiger partial charge on any atom is 0.227 e. The highest BCUT2D eigenvalue weighted by atomic mass is 16.2. The second-order valence-corrected chi connectivity index (χ2v) is 3.86. The summed E-state index contributed by atoms with van der Waals surface area (Å²) in [5.41, 5.74) is -0.0615. The first-order valence-corrected chi connectivity index (χ1v) is 4.00. The van der Waals surface area contributed by atoms with Crippen LogP contribution in [0.25, 0.3) is 0 Å². The van der Waals surface area contributed by atoms with E-state index in [1.807, 2.05) is 33.0 Å². The molecule has 0 radical (unpaired) electrons. The van der Waals surface area contributed by atoms with Crippen molar-refractivity contribution in [2.24, 2.45) is 0 Å². The van der Waals surface area contributed by atoms with Gasteiger partial charge in [-0.3, -0.25) is 4.79 Å². The number of carbonyl (C=O) groups is 1. The Morgan fingerprint density at radius 3 is 2.45 bits per heavy atom. The Kier molecular flexibility index (Phi) is 2.03. The van der Waals surface area contributed by atoms with E-state index in [1.54, 1.807) is 4.90 Å². The normalized spacial score (nSPS) is 19.2. The Labute approximate surface area is 67.9 Å². The predicted molar refractivity (Wildman–Crippen MR) is 45.0 cm³/mol. The van der Waals surface area contributed by atoms with E-state index in [2.05, 4.69) is 0 Å². The number of hydrogen-bond donors (Lipinski definition) is 0. The Bertz CT molecular complexity index is 188. The minimum atomic E-state index is -0.0615. The zero-order valence-corrected chi connectivity index (χ0v) is 7.42. The van der Waals surface area contributed by atoms with Crippen molar-refractivity contribution in [2.45, 2.75) is 39.2 Å². The highest BCUT2D eigenvalue weighted by molar-refractivity contribution is 5.79. The van der Waals surface area contributed by atoms with Crippen molar-refractivity contribution in [3.63, 3.8) is 0 Å². The molecule has 0 aromatic rings. The smallest absolute Gasteiger partial charge is 0.227 e. The summed E-state index contributed by atoms with van der Waals surface area (Å²) in [6.07, 6.45) is 5.50. The Balaban J connectivity index is 2.77. The zero-order valence-electron chi connectivity index (χ0n) is 7.42. The van der Waals surface area contributed by atoms with Crippen molar-refractivity contribution in [3.8, 4) is 0 Å². The fraction of sp³-hybridized carbons (Fsp3) is 0.667. The third-order valence-electron chi connectivity index (χ3n) is 1.77. The molecule has 0 saturated heterocycles. The molecule has 2 nitrogen and oxygen atoms in total. The van der Waals surface area contributed by atoms with Crippen LogP contribution in [0.5, 0.6) is 0 Å². The molecule has 1 aliphatic heterocycles. The van der Waals surface area contributed by atoms with Gasteiger partial charge in [-0.15, -0.1) is 0 Å². The molecule has 0 N–H and O–H groups in total. The van der Waals surface area contributed by atoms with Crippen molar-refractivity contribution in [3.05, 3.63) is 12.3 Å². The van der Waals surface area contributed by atoms with Crippen LogP contribution in [-0.4, -0.2) is 16.3 Å². The van der Waals surface area contributed by atoms with Crippen molar-refractivity contribution in [1.29, 1.82) is 0 Å². The van der Waals surface area contributed by atoms with Crippen LogP contribution in [0.3, 0.4) is 0 Å². The summed E-state index contributed by atoms with van der Waals surface area (Å²) >= 11 is 0. The highest BCUT2D eigenvalue weighted by Gasteiger charge is 2.25. The van der Waals surface area contributed by atoms with E-state index in [0.717, 1.165) is 6.42 Å². The average Bonchev–Trinajstić information content (AvgIpc) is 1.86. The molecule has 0 saturated carbocycles. The predicted octanol–water partition coefficient (Wildman–Crippen LogP) is 1.92. The summed E-state index contributed by atoms with van der Waals surface area (Å²) in [5, 5.41) is 0. The summed E-state index contributed by atoms with van der Waals surface area (Å²) in [6.45, 7) is 6.13. The molecule has 0 aromatic carbocycles. The van der Waals surface area contributed by atoms with Crippen LogP contribution >= 0.6 is 0 Å². The second kappa shape index (κ2) is 2.68. The van der Waals surface area contributed by atoms with E-state index in [-0.39, 0.29) is 11.4 Å². The van der Waals surface area contributed by atoms with E-state index >= 15 is 0 Å². The number of amides is 1. The molecular formula is C9H15NO. The topological polar surface area (TPSA) is 20.3 Å². The molecule has 2 heteroatoms. The first-order chi connectivity index (χ1) is 5.02. The van der Waals surface area contributed by atoms with Crippen molar-refractivity contribution in [2.75, 3.05) is 0 Å². The molecule has 0 aromatic heterocycles. The molecule has 1 rings (SSSR count). The summed E-state index contributed by atoms with van der Waals surface area (Å²) in [4.78, 5) is 13.1. The number of carbonyl (C=O) groups excluding carboxylic acids is 1. The van der Waals surface area contributed by atoms with Crippen LogP contribution in [0.1, 0.15) is 33.6 Å². The second-order valence-electron chi connectivity index (χ2n) is 3.86. The molecule has 1 amide bonds. The minimum absolute atomic E-state index is 0.0615. The van der Waals surface area contributed by atoms with Crippen LogP contribution in [0.2, 0.25) is 0 Å². The van der Waals surface area contributed by atoms with Gasteiger partial charge in [0.1, 0.15) is 0 Å². The molecule has 1 aliphatic rings. The lowest BCUT2D eigenvalue weighted by Crippen LogP contribution is -2.42. The Morgan fingerprint density at radius 1 is 1.45 bits per heavy atom. The van der Waals surface area contributed by atoms with Crippen molar-refractivity contribution >= 4 is 5.91 Å². The average molecular weight is 153 g/mol. The van der Waals surface area contributed by atoms with Gasteiger partial charge in [-0.05, 0) is 27.2 Å². The van der Waals surface area contributed by atoms with Crippen LogP contribution in [0.15, 0.2) is 12.3 Å². The molecule has 0 atom stereocenters. The Hall–Kier alpha value is -0.790. The van der Waals surface area contributed by atoms with Crippen LogP contribution in [0, 0.1) is 0 Å². The summed E-state index contributed by atoms with van der Waals surface area (Å²) < 4.78 is 0. The number of hydrogen-bond acceptors (Lipinski definition) is 1. The van der Waals surface area contributed by atoms with Gasteiger partial charge in [0.2, 0.25) is 5.91 Å². The minimum Gasteiger partial charge on any atom is -0.314 e. The van der Waals surface area contributed by atoms with Gasteiger partial charge in [-0.25, -0.2) is 0 Å². The molecule has 62 valence electrons. The lowest BCUT2D eigenvalue weighted by atomic mass is 10.0. The van der Waals surface area contributed by atoms with E-state index in [9.17, 15) is 4.79 Å². The van der Waals surface area contributed by atoms with Gasteiger partial charge in [-0.2, -0.15) is 0 Å². The fourth-order valence-corrected chi connectivity index (χ4v) is 1.19. The molecule has 1 heterocycles. The summed E-state index contributed by atoms with van der Waals surface area (Å²) in [5.74, 6) is 0.236. The number of rotatable bonds is 0. The van der Waals surface area contributed by atoms with Crippen molar-refractivity contribution < 1.29 is 4.79 Å². The summed E-state index contributed by atoms with van der Waals surface area (Å²) in [6, 6.07) is 0. The van der Waals surface area contributed by atoms with Gasteiger partial charge in [0, 0.05) is 18.2 Å². The quantitative estimate of drug-likeness (QED) is 0.520. The molecule has 11 heavy (non-hydrogen) atoms. The molecular weight excluding hydrogens is 138 g/mol. The monoisotopic (exact) mass is 153 g/mol. The number of nitrogens with zero attached hydrogens (tertiary/aromatic N) is 1. The summed E-state index contributed by atoms with van der Waals surface area (Å²) in [7, 11) is 0. The first kappa shape index (κ1) is 8.31. The van der Waals surface area contributed by atoms with E-state index < -0.39 is 0 Å². The first-order valence-electron chi connectivity index (χ1n) is 4.00. The largest absolute Gasteiger partial charge is 0.314 e. The van der Waals surface area contributed by atoms with Gasteiger partial charge in [0.25, 0.3) is 0 Å². The van der Waals surface area contributed by atoms with E-state index in [1.165, 1.54) is 0 Å². The Morgan fingerprint density at radius 2 is 2.09 bits per heavy atom. The third-order valence-corrected chi connectivity index (χ3v) is 1.77. The molecule has 0 spiro atoms. The molecule has 0 unspecified atom stereocenters. The highest BCUT2D eigenvalue weighted by Crippen LogP contribution is 2.19. The van der Waals surface area contributed by atoms with Gasteiger partial charge in [-0.1, -0.05) is 6.08 Å². The van der Waals surface area contributed by atoms with Crippen LogP contribution in [0.4, 0.5) is 0 Å². The van der Waals surface area contributed by atoms with Gasteiger partial charge >= 0.3 is 0 Å². The lowest BCUT2D eigenvalue weighted by molar-refractivity contribution is -0.132. The standard InChI is InChI=1S/C9H15NO/c1-9(2,3)10-7-5-4-6-8(10)11/h5,7H,4,6H2,1-3H3. The molecule has 0 fully saturated rings. The third kappa shape index (κ3) is 1.82. The van der Waals surface area contributed by atoms with E-state index in [4.69, 9.17) is 0 Å². The van der Waals surface area contributed by atoms with Crippen LogP contribution in [-0.2, 0) is 4.79 Å². The maximum absolute atomic E-state index is 11.3. The van der Waals surface area contributed by atoms with E-state index in [0.29, 0.717) is 6.42 Å². The SMILES string of the molecule is CC(C)(C)N1C=CCCC1=O. The zero-order chi connectivity index (χ0) is 8.48. The maximum atomic E-state index is 11.3. The van der Waals surface area contributed by atoms with Crippen molar-refractivity contribution in [1.82, 2.24) is 4.90 Å². The molecule has 0 aliphatic carbocycles. The van der Waals surface area contributed by atoms with Crippen LogP contribution < -0.4 is 0 Å². The molecule has 0 bridgehead atoms. The van der Waals surface area contributed by atoms with Gasteiger partial charge < -0.3 is 4.90 Å². The van der Waals surface area contributed by atoms with Gasteiger partial charge in [0.05, 0.1) is 0 Å². The fourth-order valence-electron chi connectivity index (χ4n) is 1.19. The van der Waals surface area contributed by atoms with Gasteiger partial charge in [0.15, 0.2) is 0 Å². The lowest BCUT2D eigenvalue weighted by Gasteiger charge is -2.34. The number of allylic oxidation sites excluding steroid dienone is 1.